The van der Waals surface area contributed by atoms with Gasteiger partial charge in [0.25, 0.3) is 0 Å². The number of aromatic nitrogens is 2. The fourth-order valence-electron chi connectivity index (χ4n) is 1.96. The molecule has 0 aliphatic carbocycles. The minimum absolute atomic E-state index is 0.245. The Morgan fingerprint density at radius 2 is 2.35 bits per heavy atom. The largest absolute Gasteiger partial charge is 0.390 e. The highest BCUT2D eigenvalue weighted by Crippen LogP contribution is 2.22. The molecule has 1 fully saturated rings. The number of ether oxygens (including phenoxy) is 2. The molecule has 1 aromatic rings. The van der Waals surface area contributed by atoms with Gasteiger partial charge in [-0.1, -0.05) is 0 Å². The Labute approximate surface area is 109 Å². The van der Waals surface area contributed by atoms with Gasteiger partial charge in [0.2, 0.25) is 0 Å². The molecule has 17 heavy (non-hydrogen) atoms. The topological polar surface area (TPSA) is 56.5 Å². The number of nitrogens with zero attached hydrogens (tertiary/aromatic N) is 2. The van der Waals surface area contributed by atoms with Gasteiger partial charge in [-0.15, -0.1) is 0 Å². The van der Waals surface area contributed by atoms with Crippen LogP contribution in [-0.2, 0) is 22.9 Å². The number of aliphatic hydroxyl groups is 1. The number of rotatable bonds is 3. The van der Waals surface area contributed by atoms with Crippen LogP contribution in [0.4, 0.5) is 0 Å². The molecule has 2 unspecified atom stereocenters. The van der Waals surface area contributed by atoms with Gasteiger partial charge in [0.1, 0.15) is 6.10 Å². The lowest BCUT2D eigenvalue weighted by molar-refractivity contribution is -0.131. The summed E-state index contributed by atoms with van der Waals surface area (Å²) in [5, 5.41) is 14.4. The van der Waals surface area contributed by atoms with Crippen LogP contribution < -0.4 is 0 Å². The summed E-state index contributed by atoms with van der Waals surface area (Å²) in [4.78, 5) is 0. The zero-order valence-corrected chi connectivity index (χ0v) is 11.6. The van der Waals surface area contributed by atoms with Gasteiger partial charge >= 0.3 is 0 Å². The lowest BCUT2D eigenvalue weighted by atomic mass is 10.1. The molecule has 5 nitrogen and oxygen atoms in total. The van der Waals surface area contributed by atoms with E-state index in [9.17, 15) is 5.11 Å². The first-order valence-electron chi connectivity index (χ1n) is 5.65. The summed E-state index contributed by atoms with van der Waals surface area (Å²) < 4.78 is 13.5. The van der Waals surface area contributed by atoms with Crippen LogP contribution in [-0.4, -0.2) is 46.9 Å². The van der Waals surface area contributed by atoms with E-state index in [0.717, 1.165) is 15.9 Å². The first-order chi connectivity index (χ1) is 8.09. The van der Waals surface area contributed by atoms with Gasteiger partial charge < -0.3 is 14.6 Å². The molecule has 2 atom stereocenters. The molecule has 2 heterocycles. The zero-order chi connectivity index (χ0) is 12.4. The minimum atomic E-state index is -0.568. The van der Waals surface area contributed by atoms with Crippen molar-refractivity contribution in [2.24, 2.45) is 7.05 Å². The van der Waals surface area contributed by atoms with Crippen molar-refractivity contribution in [3.63, 3.8) is 0 Å². The molecule has 0 amide bonds. The molecule has 1 aromatic heterocycles. The average molecular weight is 305 g/mol. The van der Waals surface area contributed by atoms with E-state index in [1.807, 2.05) is 14.0 Å². The first kappa shape index (κ1) is 13.0. The van der Waals surface area contributed by atoms with Crippen molar-refractivity contribution >= 4 is 15.9 Å². The summed E-state index contributed by atoms with van der Waals surface area (Å²) in [5.41, 5.74) is 1.90. The highest BCUT2D eigenvalue weighted by molar-refractivity contribution is 9.10. The molecule has 96 valence electrons. The minimum Gasteiger partial charge on any atom is -0.390 e. The van der Waals surface area contributed by atoms with Crippen LogP contribution in [0, 0.1) is 6.92 Å². The van der Waals surface area contributed by atoms with E-state index < -0.39 is 6.10 Å². The van der Waals surface area contributed by atoms with E-state index >= 15 is 0 Å². The van der Waals surface area contributed by atoms with E-state index in [0.29, 0.717) is 26.2 Å². The molecule has 2 rings (SSSR count). The zero-order valence-electron chi connectivity index (χ0n) is 10.0. The first-order valence-corrected chi connectivity index (χ1v) is 6.44. The SMILES string of the molecule is Cc1nn(C)c(CC(O)C2COCCO2)c1Br. The van der Waals surface area contributed by atoms with Crippen molar-refractivity contribution in [3.8, 4) is 0 Å². The Morgan fingerprint density at radius 3 is 2.88 bits per heavy atom. The molecule has 0 spiro atoms. The Hall–Kier alpha value is -0.430. The second kappa shape index (κ2) is 5.48. The second-order valence-electron chi connectivity index (χ2n) is 4.23. The fourth-order valence-corrected chi connectivity index (χ4v) is 2.46. The molecule has 0 aromatic carbocycles. The van der Waals surface area contributed by atoms with Crippen molar-refractivity contribution in [3.05, 3.63) is 15.9 Å². The van der Waals surface area contributed by atoms with Crippen LogP contribution in [0.3, 0.4) is 0 Å². The average Bonchev–Trinajstić information content (AvgIpc) is 2.57. The predicted molar refractivity (Wildman–Crippen MR) is 65.9 cm³/mol. The maximum absolute atomic E-state index is 10.1. The smallest absolute Gasteiger partial charge is 0.107 e. The van der Waals surface area contributed by atoms with Gasteiger partial charge in [-0.2, -0.15) is 5.10 Å². The van der Waals surface area contributed by atoms with Crippen molar-refractivity contribution in [1.29, 1.82) is 0 Å². The van der Waals surface area contributed by atoms with Crippen LogP contribution in [0.2, 0.25) is 0 Å². The Morgan fingerprint density at radius 1 is 1.59 bits per heavy atom. The molecular formula is C11H17BrN2O3. The summed E-state index contributed by atoms with van der Waals surface area (Å²) in [6, 6.07) is 0. The van der Waals surface area contributed by atoms with Gasteiger partial charge in [-0.3, -0.25) is 4.68 Å². The molecule has 0 radical (unpaired) electrons. The van der Waals surface area contributed by atoms with Crippen LogP contribution in [0.5, 0.6) is 0 Å². The van der Waals surface area contributed by atoms with Gasteiger partial charge in [0, 0.05) is 13.5 Å². The second-order valence-corrected chi connectivity index (χ2v) is 5.02. The number of halogens is 1. The monoisotopic (exact) mass is 304 g/mol. The normalized spacial score (nSPS) is 22.7. The maximum atomic E-state index is 10.1. The summed E-state index contributed by atoms with van der Waals surface area (Å²) in [5.74, 6) is 0. The lowest BCUT2D eigenvalue weighted by Crippen LogP contribution is -2.39. The third kappa shape index (κ3) is 2.88. The fraction of sp³-hybridized carbons (Fsp3) is 0.727. The Balaban J connectivity index is 2.04. The predicted octanol–water partition coefficient (Wildman–Crippen LogP) is 0.810. The highest BCUT2D eigenvalue weighted by Gasteiger charge is 2.25. The van der Waals surface area contributed by atoms with E-state index in [4.69, 9.17) is 9.47 Å². The summed E-state index contributed by atoms with van der Waals surface area (Å²) in [7, 11) is 1.87. The number of aliphatic hydroxyl groups excluding tert-OH is 1. The van der Waals surface area contributed by atoms with Crippen molar-refractivity contribution in [2.45, 2.75) is 25.6 Å². The van der Waals surface area contributed by atoms with Gasteiger partial charge in [0.15, 0.2) is 0 Å². The Bertz CT molecular complexity index is 388. The van der Waals surface area contributed by atoms with Crippen molar-refractivity contribution < 1.29 is 14.6 Å². The van der Waals surface area contributed by atoms with Crippen LogP contribution in [0.1, 0.15) is 11.4 Å². The standard InChI is InChI=1S/C11H17BrN2O3/c1-7-11(12)8(14(2)13-7)5-9(15)10-6-16-3-4-17-10/h9-10,15H,3-6H2,1-2H3. The summed E-state index contributed by atoms with van der Waals surface area (Å²) >= 11 is 3.49. The Kier molecular flexibility index (Phi) is 4.19. The third-order valence-corrected chi connectivity index (χ3v) is 3.97. The molecule has 1 saturated heterocycles. The molecule has 1 aliphatic heterocycles. The van der Waals surface area contributed by atoms with Gasteiger partial charge in [-0.05, 0) is 22.9 Å². The molecule has 0 bridgehead atoms. The van der Waals surface area contributed by atoms with Crippen LogP contribution >= 0.6 is 15.9 Å². The number of hydrogen-bond donors (Lipinski definition) is 1. The van der Waals surface area contributed by atoms with Crippen LogP contribution in [0.15, 0.2) is 4.47 Å². The lowest BCUT2D eigenvalue weighted by Gasteiger charge is -2.27. The van der Waals surface area contributed by atoms with E-state index in [1.54, 1.807) is 4.68 Å². The van der Waals surface area contributed by atoms with Crippen LogP contribution in [0.25, 0.3) is 0 Å². The van der Waals surface area contributed by atoms with E-state index in [2.05, 4.69) is 21.0 Å². The third-order valence-electron chi connectivity index (χ3n) is 2.94. The summed E-state index contributed by atoms with van der Waals surface area (Å²) in [6.45, 7) is 3.54. The molecule has 6 heteroatoms. The van der Waals surface area contributed by atoms with E-state index in [-0.39, 0.29) is 6.10 Å². The number of hydrogen-bond acceptors (Lipinski definition) is 4. The molecule has 0 saturated carbocycles. The quantitative estimate of drug-likeness (QED) is 0.898. The summed E-state index contributed by atoms with van der Waals surface area (Å²) in [6.07, 6.45) is -0.307. The molecule has 1 N–H and O–H groups in total. The van der Waals surface area contributed by atoms with Gasteiger partial charge in [0.05, 0.1) is 41.8 Å². The molecular weight excluding hydrogens is 288 g/mol. The highest BCUT2D eigenvalue weighted by atomic mass is 79.9. The van der Waals surface area contributed by atoms with Gasteiger partial charge in [-0.25, -0.2) is 0 Å². The van der Waals surface area contributed by atoms with E-state index in [1.165, 1.54) is 0 Å². The number of aryl methyl sites for hydroxylation is 2. The van der Waals surface area contributed by atoms with Crippen molar-refractivity contribution in [2.75, 3.05) is 19.8 Å². The van der Waals surface area contributed by atoms with Crippen molar-refractivity contribution in [1.82, 2.24) is 9.78 Å². The molecule has 1 aliphatic rings. The maximum Gasteiger partial charge on any atom is 0.107 e.